The number of hydrogen-bond acceptors (Lipinski definition) is 3. The van der Waals surface area contributed by atoms with Crippen molar-refractivity contribution in [3.63, 3.8) is 0 Å². The SMILES string of the molecule is CN(Cc1ccc2c(c1)ncn2C)c1ccccc1N. The van der Waals surface area contributed by atoms with Gasteiger partial charge in [-0.15, -0.1) is 0 Å². The summed E-state index contributed by atoms with van der Waals surface area (Å²) in [6.45, 7) is 0.806. The van der Waals surface area contributed by atoms with Crippen LogP contribution in [0, 0.1) is 0 Å². The lowest BCUT2D eigenvalue weighted by Crippen LogP contribution is -2.17. The van der Waals surface area contributed by atoms with Crippen LogP contribution in [0.2, 0.25) is 0 Å². The molecule has 0 radical (unpaired) electrons. The summed E-state index contributed by atoms with van der Waals surface area (Å²) < 4.78 is 2.03. The Bertz CT molecular complexity index is 745. The highest BCUT2D eigenvalue weighted by atomic mass is 15.1. The van der Waals surface area contributed by atoms with E-state index in [1.54, 1.807) is 0 Å². The molecule has 0 amide bonds. The number of anilines is 2. The van der Waals surface area contributed by atoms with Gasteiger partial charge in [0, 0.05) is 20.6 Å². The molecule has 3 rings (SSSR count). The Morgan fingerprint density at radius 1 is 1.20 bits per heavy atom. The van der Waals surface area contributed by atoms with E-state index in [0.717, 1.165) is 29.0 Å². The third kappa shape index (κ3) is 2.20. The lowest BCUT2D eigenvalue weighted by Gasteiger charge is -2.21. The van der Waals surface area contributed by atoms with Crippen LogP contribution in [0.1, 0.15) is 5.56 Å². The van der Waals surface area contributed by atoms with Gasteiger partial charge in [0.05, 0.1) is 28.7 Å². The van der Waals surface area contributed by atoms with E-state index in [4.69, 9.17) is 5.73 Å². The van der Waals surface area contributed by atoms with Crippen molar-refractivity contribution < 1.29 is 0 Å². The van der Waals surface area contributed by atoms with E-state index in [0.29, 0.717) is 0 Å². The van der Waals surface area contributed by atoms with Crippen LogP contribution < -0.4 is 10.6 Å². The summed E-state index contributed by atoms with van der Waals surface area (Å²) in [6.07, 6.45) is 1.84. The van der Waals surface area contributed by atoms with Gasteiger partial charge in [0.25, 0.3) is 0 Å². The summed E-state index contributed by atoms with van der Waals surface area (Å²) >= 11 is 0. The Morgan fingerprint density at radius 3 is 2.80 bits per heavy atom. The highest BCUT2D eigenvalue weighted by Crippen LogP contribution is 2.23. The molecule has 2 N–H and O–H groups in total. The van der Waals surface area contributed by atoms with Crippen LogP contribution in [0.25, 0.3) is 11.0 Å². The maximum absolute atomic E-state index is 6.01. The van der Waals surface area contributed by atoms with Gasteiger partial charge >= 0.3 is 0 Å². The zero-order valence-electron chi connectivity index (χ0n) is 11.7. The summed E-state index contributed by atoms with van der Waals surface area (Å²) in [5.41, 5.74) is 11.3. The molecule has 20 heavy (non-hydrogen) atoms. The van der Waals surface area contributed by atoms with E-state index in [1.165, 1.54) is 5.56 Å². The fourth-order valence-corrected chi connectivity index (χ4v) is 2.47. The molecule has 0 spiro atoms. The minimum atomic E-state index is 0.800. The molecule has 0 aliphatic rings. The molecule has 4 nitrogen and oxygen atoms in total. The van der Waals surface area contributed by atoms with E-state index < -0.39 is 0 Å². The van der Waals surface area contributed by atoms with E-state index in [2.05, 4.69) is 28.1 Å². The van der Waals surface area contributed by atoms with Gasteiger partial charge in [-0.05, 0) is 29.8 Å². The van der Waals surface area contributed by atoms with Crippen molar-refractivity contribution in [3.05, 3.63) is 54.4 Å². The standard InChI is InChI=1S/C16H18N4/c1-19(15-6-4-3-5-13(15)17)10-12-7-8-16-14(9-12)18-11-20(16)2/h3-9,11H,10,17H2,1-2H3. The molecule has 1 aromatic heterocycles. The normalized spacial score (nSPS) is 10.9. The second-order valence-electron chi connectivity index (χ2n) is 5.09. The van der Waals surface area contributed by atoms with Gasteiger partial charge in [0.15, 0.2) is 0 Å². The van der Waals surface area contributed by atoms with Gasteiger partial charge in [-0.25, -0.2) is 4.98 Å². The molecule has 3 aromatic rings. The monoisotopic (exact) mass is 266 g/mol. The predicted molar refractivity (Wildman–Crippen MR) is 83.7 cm³/mol. The fraction of sp³-hybridized carbons (Fsp3) is 0.188. The zero-order valence-corrected chi connectivity index (χ0v) is 11.7. The first-order chi connectivity index (χ1) is 9.65. The Hall–Kier alpha value is -2.49. The highest BCUT2D eigenvalue weighted by molar-refractivity contribution is 5.76. The quantitative estimate of drug-likeness (QED) is 0.741. The number of fused-ring (bicyclic) bond motifs is 1. The van der Waals surface area contributed by atoms with Crippen molar-refractivity contribution in [2.45, 2.75) is 6.54 Å². The number of nitrogen functional groups attached to an aromatic ring is 1. The first-order valence-corrected chi connectivity index (χ1v) is 6.61. The van der Waals surface area contributed by atoms with Crippen molar-refractivity contribution in [3.8, 4) is 0 Å². The molecule has 0 aliphatic carbocycles. The predicted octanol–water partition coefficient (Wildman–Crippen LogP) is 2.79. The maximum Gasteiger partial charge on any atom is 0.0955 e. The van der Waals surface area contributed by atoms with Crippen molar-refractivity contribution in [1.82, 2.24) is 9.55 Å². The number of benzene rings is 2. The maximum atomic E-state index is 6.01. The fourth-order valence-electron chi connectivity index (χ4n) is 2.47. The van der Waals surface area contributed by atoms with E-state index in [9.17, 15) is 0 Å². The van der Waals surface area contributed by atoms with Gasteiger partial charge in [-0.3, -0.25) is 0 Å². The van der Waals surface area contributed by atoms with Gasteiger partial charge in [0.2, 0.25) is 0 Å². The number of imidazole rings is 1. The average Bonchev–Trinajstić information content (AvgIpc) is 2.80. The Labute approximate surface area is 118 Å². The van der Waals surface area contributed by atoms with Gasteiger partial charge in [-0.2, -0.15) is 0 Å². The van der Waals surface area contributed by atoms with Gasteiger partial charge < -0.3 is 15.2 Å². The molecule has 0 bridgehead atoms. The summed E-state index contributed by atoms with van der Waals surface area (Å²) in [5.74, 6) is 0. The van der Waals surface area contributed by atoms with E-state index in [1.807, 2.05) is 49.3 Å². The van der Waals surface area contributed by atoms with Crippen LogP contribution in [-0.4, -0.2) is 16.6 Å². The van der Waals surface area contributed by atoms with Crippen molar-refractivity contribution >= 4 is 22.4 Å². The van der Waals surface area contributed by atoms with Crippen LogP contribution in [0.15, 0.2) is 48.8 Å². The first kappa shape index (κ1) is 12.5. The summed E-state index contributed by atoms with van der Waals surface area (Å²) in [5, 5.41) is 0. The smallest absolute Gasteiger partial charge is 0.0955 e. The van der Waals surface area contributed by atoms with Crippen LogP contribution in [0.3, 0.4) is 0 Å². The summed E-state index contributed by atoms with van der Waals surface area (Å²) in [4.78, 5) is 6.55. The molecule has 2 aromatic carbocycles. The number of rotatable bonds is 3. The third-order valence-electron chi connectivity index (χ3n) is 3.56. The molecule has 0 atom stereocenters. The Morgan fingerprint density at radius 2 is 2.00 bits per heavy atom. The van der Waals surface area contributed by atoms with Gasteiger partial charge in [0.1, 0.15) is 0 Å². The minimum absolute atomic E-state index is 0.800. The second-order valence-corrected chi connectivity index (χ2v) is 5.09. The molecule has 0 unspecified atom stereocenters. The molecule has 0 saturated heterocycles. The molecule has 102 valence electrons. The van der Waals surface area contributed by atoms with Crippen LogP contribution in [-0.2, 0) is 13.6 Å². The lowest BCUT2D eigenvalue weighted by atomic mass is 10.1. The highest BCUT2D eigenvalue weighted by Gasteiger charge is 2.07. The number of hydrogen-bond donors (Lipinski definition) is 1. The molecule has 1 heterocycles. The number of aromatic nitrogens is 2. The number of para-hydroxylation sites is 2. The average molecular weight is 266 g/mol. The molecular weight excluding hydrogens is 248 g/mol. The number of nitrogens with zero attached hydrogens (tertiary/aromatic N) is 3. The van der Waals surface area contributed by atoms with Crippen LogP contribution in [0.5, 0.6) is 0 Å². The molecule has 4 heteroatoms. The van der Waals surface area contributed by atoms with E-state index in [-0.39, 0.29) is 0 Å². The van der Waals surface area contributed by atoms with Crippen LogP contribution in [0.4, 0.5) is 11.4 Å². The van der Waals surface area contributed by atoms with Crippen molar-refractivity contribution in [2.75, 3.05) is 17.7 Å². The molecular formula is C16H18N4. The lowest BCUT2D eigenvalue weighted by molar-refractivity contribution is 0.925. The molecule has 0 aliphatic heterocycles. The molecule has 0 saturated carbocycles. The Kier molecular flexibility index (Phi) is 3.06. The largest absolute Gasteiger partial charge is 0.397 e. The topological polar surface area (TPSA) is 47.1 Å². The summed E-state index contributed by atoms with van der Waals surface area (Å²) in [7, 11) is 4.06. The number of nitrogens with two attached hydrogens (primary N) is 1. The first-order valence-electron chi connectivity index (χ1n) is 6.61. The van der Waals surface area contributed by atoms with Gasteiger partial charge in [-0.1, -0.05) is 18.2 Å². The summed E-state index contributed by atoms with van der Waals surface area (Å²) in [6, 6.07) is 14.3. The third-order valence-corrected chi connectivity index (χ3v) is 3.56. The second kappa shape index (κ2) is 4.89. The van der Waals surface area contributed by atoms with Crippen molar-refractivity contribution in [1.29, 1.82) is 0 Å². The van der Waals surface area contributed by atoms with E-state index >= 15 is 0 Å². The Balaban J connectivity index is 1.87. The minimum Gasteiger partial charge on any atom is -0.397 e. The molecule has 0 fully saturated rings. The zero-order chi connectivity index (χ0) is 14.1. The number of aryl methyl sites for hydroxylation is 1. The van der Waals surface area contributed by atoms with Crippen molar-refractivity contribution in [2.24, 2.45) is 7.05 Å². The van der Waals surface area contributed by atoms with Crippen LogP contribution >= 0.6 is 0 Å².